The van der Waals surface area contributed by atoms with Crippen LogP contribution in [0, 0.1) is 5.82 Å². The predicted octanol–water partition coefficient (Wildman–Crippen LogP) is 3.83. The fraction of sp³-hybridized carbons (Fsp3) is 0.235. The van der Waals surface area contributed by atoms with Gasteiger partial charge in [-0.15, -0.1) is 0 Å². The third-order valence-electron chi connectivity index (χ3n) is 3.92. The Kier molecular flexibility index (Phi) is 3.68. The molecule has 0 bridgehead atoms. The molecule has 0 heterocycles. The predicted molar refractivity (Wildman–Crippen MR) is 80.6 cm³/mol. The van der Waals surface area contributed by atoms with Gasteiger partial charge in [0, 0.05) is 11.6 Å². The van der Waals surface area contributed by atoms with E-state index in [1.807, 2.05) is 18.2 Å². The van der Waals surface area contributed by atoms with Crippen LogP contribution in [-0.4, -0.2) is 5.91 Å². The standard InChI is InChI=1S/C17H15ClFNO/c18-14-3-1-2-12(10-14)11-20-16(21)17(8-9-17)13-4-6-15(19)7-5-13/h1-7,10H,8-9,11H2,(H,20,21). The van der Waals surface area contributed by atoms with Gasteiger partial charge in [-0.25, -0.2) is 4.39 Å². The zero-order valence-electron chi connectivity index (χ0n) is 11.4. The molecule has 2 aromatic rings. The molecule has 0 saturated heterocycles. The summed E-state index contributed by atoms with van der Waals surface area (Å²) in [4.78, 5) is 12.4. The van der Waals surface area contributed by atoms with Gasteiger partial charge in [-0.1, -0.05) is 35.9 Å². The van der Waals surface area contributed by atoms with Gasteiger partial charge in [-0.05, 0) is 48.2 Å². The Bertz CT molecular complexity index is 665. The van der Waals surface area contributed by atoms with E-state index in [4.69, 9.17) is 11.6 Å². The summed E-state index contributed by atoms with van der Waals surface area (Å²) in [7, 11) is 0. The van der Waals surface area contributed by atoms with E-state index in [2.05, 4.69) is 5.32 Å². The molecular formula is C17H15ClFNO. The van der Waals surface area contributed by atoms with Crippen LogP contribution in [0.3, 0.4) is 0 Å². The van der Waals surface area contributed by atoms with Crippen molar-refractivity contribution in [3.63, 3.8) is 0 Å². The molecule has 0 aliphatic heterocycles. The third-order valence-corrected chi connectivity index (χ3v) is 4.16. The lowest BCUT2D eigenvalue weighted by atomic mass is 9.95. The molecule has 0 atom stereocenters. The maximum Gasteiger partial charge on any atom is 0.230 e. The quantitative estimate of drug-likeness (QED) is 0.914. The molecule has 3 rings (SSSR count). The molecule has 1 aliphatic carbocycles. The van der Waals surface area contributed by atoms with Crippen molar-refractivity contribution < 1.29 is 9.18 Å². The summed E-state index contributed by atoms with van der Waals surface area (Å²) in [6, 6.07) is 13.6. The van der Waals surface area contributed by atoms with Crippen LogP contribution >= 0.6 is 11.6 Å². The average Bonchev–Trinajstić information content (AvgIpc) is 3.27. The molecule has 0 spiro atoms. The largest absolute Gasteiger partial charge is 0.351 e. The summed E-state index contributed by atoms with van der Waals surface area (Å²) in [5.41, 5.74) is 1.37. The second-order valence-electron chi connectivity index (χ2n) is 5.40. The molecule has 0 radical (unpaired) electrons. The molecule has 21 heavy (non-hydrogen) atoms. The minimum absolute atomic E-state index is 0.00548. The Morgan fingerprint density at radius 3 is 2.52 bits per heavy atom. The molecule has 1 saturated carbocycles. The van der Waals surface area contributed by atoms with Gasteiger partial charge in [0.05, 0.1) is 5.41 Å². The molecule has 108 valence electrons. The van der Waals surface area contributed by atoms with Gasteiger partial charge < -0.3 is 5.32 Å². The van der Waals surface area contributed by atoms with Gasteiger partial charge in [0.1, 0.15) is 5.82 Å². The number of carbonyl (C=O) groups excluding carboxylic acids is 1. The number of hydrogen-bond donors (Lipinski definition) is 1. The van der Waals surface area contributed by atoms with Crippen LogP contribution in [0.15, 0.2) is 48.5 Å². The van der Waals surface area contributed by atoms with Crippen LogP contribution in [-0.2, 0) is 16.8 Å². The number of nitrogens with one attached hydrogen (secondary N) is 1. The molecule has 0 aromatic heterocycles. The summed E-state index contributed by atoms with van der Waals surface area (Å²) >= 11 is 5.92. The molecule has 4 heteroatoms. The van der Waals surface area contributed by atoms with E-state index in [1.54, 1.807) is 18.2 Å². The van der Waals surface area contributed by atoms with Crippen molar-refractivity contribution in [2.75, 3.05) is 0 Å². The first-order valence-corrected chi connectivity index (χ1v) is 7.27. The van der Waals surface area contributed by atoms with Gasteiger partial charge in [-0.2, -0.15) is 0 Å². The topological polar surface area (TPSA) is 29.1 Å². The molecule has 2 nitrogen and oxygen atoms in total. The lowest BCUT2D eigenvalue weighted by Crippen LogP contribution is -2.34. The van der Waals surface area contributed by atoms with Crippen LogP contribution < -0.4 is 5.32 Å². The average molecular weight is 304 g/mol. The molecule has 0 unspecified atom stereocenters. The minimum atomic E-state index is -0.480. The van der Waals surface area contributed by atoms with Crippen molar-refractivity contribution in [2.24, 2.45) is 0 Å². The van der Waals surface area contributed by atoms with Gasteiger partial charge in [0.25, 0.3) is 0 Å². The van der Waals surface area contributed by atoms with Gasteiger partial charge in [0.2, 0.25) is 5.91 Å². The Hall–Kier alpha value is -1.87. The number of halogens is 2. The normalized spacial score (nSPS) is 15.5. The summed E-state index contributed by atoms with van der Waals surface area (Å²) in [6.07, 6.45) is 1.61. The van der Waals surface area contributed by atoms with E-state index in [1.165, 1.54) is 12.1 Å². The fourth-order valence-corrected chi connectivity index (χ4v) is 2.75. The van der Waals surface area contributed by atoms with Crippen LogP contribution in [0.2, 0.25) is 5.02 Å². The number of hydrogen-bond acceptors (Lipinski definition) is 1. The number of carbonyl (C=O) groups is 1. The van der Waals surface area contributed by atoms with Gasteiger partial charge >= 0.3 is 0 Å². The fourth-order valence-electron chi connectivity index (χ4n) is 2.54. The van der Waals surface area contributed by atoms with Crippen molar-refractivity contribution >= 4 is 17.5 Å². The van der Waals surface area contributed by atoms with E-state index in [9.17, 15) is 9.18 Å². The molecule has 1 fully saturated rings. The Labute approximate surface area is 127 Å². The summed E-state index contributed by atoms with van der Waals surface area (Å²) in [6.45, 7) is 0.447. The lowest BCUT2D eigenvalue weighted by Gasteiger charge is -2.16. The highest BCUT2D eigenvalue weighted by atomic mass is 35.5. The first-order valence-electron chi connectivity index (χ1n) is 6.89. The zero-order valence-corrected chi connectivity index (χ0v) is 12.2. The lowest BCUT2D eigenvalue weighted by molar-refractivity contribution is -0.123. The second kappa shape index (κ2) is 5.49. The van der Waals surface area contributed by atoms with Gasteiger partial charge in [0.15, 0.2) is 0 Å². The zero-order chi connectivity index (χ0) is 14.9. The van der Waals surface area contributed by atoms with Crippen LogP contribution in [0.4, 0.5) is 4.39 Å². The maximum atomic E-state index is 13.0. The minimum Gasteiger partial charge on any atom is -0.351 e. The van der Waals surface area contributed by atoms with E-state index in [0.717, 1.165) is 24.0 Å². The highest BCUT2D eigenvalue weighted by molar-refractivity contribution is 6.30. The first kappa shape index (κ1) is 14.1. The SMILES string of the molecule is O=C(NCc1cccc(Cl)c1)C1(c2ccc(F)cc2)CC1. The Balaban J connectivity index is 1.69. The third kappa shape index (κ3) is 2.93. The first-order chi connectivity index (χ1) is 10.1. The number of benzene rings is 2. The van der Waals surface area contributed by atoms with Crippen molar-refractivity contribution in [1.29, 1.82) is 0 Å². The monoisotopic (exact) mass is 303 g/mol. The second-order valence-corrected chi connectivity index (χ2v) is 5.84. The number of amides is 1. The maximum absolute atomic E-state index is 13.0. The van der Waals surface area contributed by atoms with Crippen LogP contribution in [0.1, 0.15) is 24.0 Å². The van der Waals surface area contributed by atoms with Crippen molar-refractivity contribution in [3.8, 4) is 0 Å². The summed E-state index contributed by atoms with van der Waals surface area (Å²) in [5, 5.41) is 3.60. The summed E-state index contributed by atoms with van der Waals surface area (Å²) < 4.78 is 13.0. The summed E-state index contributed by atoms with van der Waals surface area (Å²) in [5.74, 6) is -0.289. The van der Waals surface area contributed by atoms with Crippen molar-refractivity contribution in [3.05, 3.63) is 70.5 Å². The molecular weight excluding hydrogens is 289 g/mol. The van der Waals surface area contributed by atoms with Gasteiger partial charge in [-0.3, -0.25) is 4.79 Å². The molecule has 2 aromatic carbocycles. The van der Waals surface area contributed by atoms with Crippen molar-refractivity contribution in [1.82, 2.24) is 5.32 Å². The highest BCUT2D eigenvalue weighted by Gasteiger charge is 2.51. The van der Waals surface area contributed by atoms with Crippen molar-refractivity contribution in [2.45, 2.75) is 24.8 Å². The van der Waals surface area contributed by atoms with E-state index in [0.29, 0.717) is 11.6 Å². The van der Waals surface area contributed by atoms with Crippen LogP contribution in [0.5, 0.6) is 0 Å². The van der Waals surface area contributed by atoms with E-state index in [-0.39, 0.29) is 11.7 Å². The highest BCUT2D eigenvalue weighted by Crippen LogP contribution is 2.48. The van der Waals surface area contributed by atoms with E-state index >= 15 is 0 Å². The number of rotatable bonds is 4. The smallest absolute Gasteiger partial charge is 0.230 e. The molecule has 1 aliphatic rings. The van der Waals surface area contributed by atoms with E-state index < -0.39 is 5.41 Å². The Morgan fingerprint density at radius 1 is 1.19 bits per heavy atom. The Morgan fingerprint density at radius 2 is 1.90 bits per heavy atom. The molecule has 1 N–H and O–H groups in total. The molecule has 1 amide bonds. The van der Waals surface area contributed by atoms with Crippen LogP contribution in [0.25, 0.3) is 0 Å².